The number of ether oxygens (including phenoxy) is 3. The molecule has 0 bridgehead atoms. The average molecular weight is 485 g/mol. The van der Waals surface area contributed by atoms with E-state index in [0.717, 1.165) is 5.56 Å². The molecule has 0 radical (unpaired) electrons. The minimum Gasteiger partial charge on any atom is -0.497 e. The van der Waals surface area contributed by atoms with Gasteiger partial charge >= 0.3 is 10.1 Å². The monoisotopic (exact) mass is 484 g/mol. The third-order valence-electron chi connectivity index (χ3n) is 4.65. The summed E-state index contributed by atoms with van der Waals surface area (Å²) < 4.78 is 46.4. The highest BCUT2D eigenvalue weighted by atomic mass is 32.2. The number of carbonyl (C=O) groups is 1. The van der Waals surface area contributed by atoms with E-state index in [2.05, 4.69) is 10.5 Å². The van der Waals surface area contributed by atoms with Crippen LogP contribution in [0.3, 0.4) is 0 Å². The molecule has 0 saturated heterocycles. The zero-order valence-corrected chi connectivity index (χ0v) is 19.7. The van der Waals surface area contributed by atoms with Gasteiger partial charge in [0.1, 0.15) is 10.6 Å². The second-order valence-corrected chi connectivity index (χ2v) is 8.46. The first-order valence-electron chi connectivity index (χ1n) is 10.1. The third-order valence-corrected chi connectivity index (χ3v) is 5.88. The first-order valence-corrected chi connectivity index (χ1v) is 11.5. The Morgan fingerprint density at radius 2 is 1.65 bits per heavy atom. The molecule has 0 aliphatic heterocycles. The molecule has 10 heteroatoms. The van der Waals surface area contributed by atoms with E-state index in [1.165, 1.54) is 44.7 Å². The summed E-state index contributed by atoms with van der Waals surface area (Å²) in [6, 6.07) is 17.7. The number of hydrogen-bond acceptors (Lipinski definition) is 8. The van der Waals surface area contributed by atoms with Crippen LogP contribution in [0.15, 0.2) is 76.7 Å². The van der Waals surface area contributed by atoms with Gasteiger partial charge in [0.2, 0.25) is 5.91 Å². The van der Waals surface area contributed by atoms with Crippen molar-refractivity contribution in [1.82, 2.24) is 5.43 Å². The normalized spacial score (nSPS) is 11.1. The summed E-state index contributed by atoms with van der Waals surface area (Å²) in [5.74, 6) is 0.985. The topological polar surface area (TPSA) is 113 Å². The van der Waals surface area contributed by atoms with Crippen molar-refractivity contribution in [3.8, 4) is 23.0 Å². The van der Waals surface area contributed by atoms with Crippen molar-refractivity contribution >= 4 is 22.2 Å². The van der Waals surface area contributed by atoms with Crippen molar-refractivity contribution < 1.29 is 31.6 Å². The number of benzene rings is 3. The summed E-state index contributed by atoms with van der Waals surface area (Å²) in [5.41, 5.74) is 3.54. The Morgan fingerprint density at radius 1 is 0.882 bits per heavy atom. The van der Waals surface area contributed by atoms with Crippen LogP contribution in [0.2, 0.25) is 0 Å². The average Bonchev–Trinajstić information content (AvgIpc) is 2.84. The fourth-order valence-electron chi connectivity index (χ4n) is 2.98. The number of methoxy groups -OCH3 is 3. The minimum absolute atomic E-state index is 0.0445. The standard InChI is InChI=1S/C24H24N2O7S/c1-30-19-9-6-7-17(13-19)14-24(27)26-25-16-18-8-4-5-10-21(18)33-34(28,29)20-11-12-22(31-2)23(15-20)32-3/h4-13,15-16H,14H2,1-3H3,(H,26,27)/b25-16+. The fourth-order valence-corrected chi connectivity index (χ4v) is 3.95. The molecule has 0 atom stereocenters. The second kappa shape index (κ2) is 11.2. The molecule has 0 heterocycles. The molecule has 3 aromatic carbocycles. The number of nitrogens with zero attached hydrogens (tertiary/aromatic N) is 1. The van der Waals surface area contributed by atoms with Gasteiger partial charge in [0.25, 0.3) is 0 Å². The fraction of sp³-hybridized carbons (Fsp3) is 0.167. The summed E-state index contributed by atoms with van der Waals surface area (Å²) in [6.07, 6.45) is 1.41. The van der Waals surface area contributed by atoms with Gasteiger partial charge in [-0.1, -0.05) is 24.3 Å². The first-order chi connectivity index (χ1) is 16.4. The Hall–Kier alpha value is -4.05. The number of para-hydroxylation sites is 1. The van der Waals surface area contributed by atoms with Crippen molar-refractivity contribution in [2.45, 2.75) is 11.3 Å². The third kappa shape index (κ3) is 6.26. The maximum Gasteiger partial charge on any atom is 0.339 e. The number of carbonyl (C=O) groups excluding carboxylic acids is 1. The lowest BCUT2D eigenvalue weighted by Crippen LogP contribution is -2.20. The van der Waals surface area contributed by atoms with Crippen LogP contribution in [0.1, 0.15) is 11.1 Å². The van der Waals surface area contributed by atoms with E-state index in [9.17, 15) is 13.2 Å². The first kappa shape index (κ1) is 24.6. The zero-order chi connectivity index (χ0) is 24.6. The van der Waals surface area contributed by atoms with E-state index in [0.29, 0.717) is 17.1 Å². The molecule has 9 nitrogen and oxygen atoms in total. The number of nitrogens with one attached hydrogen (secondary N) is 1. The van der Waals surface area contributed by atoms with Crippen molar-refractivity contribution in [1.29, 1.82) is 0 Å². The van der Waals surface area contributed by atoms with Crippen LogP contribution in [0.5, 0.6) is 23.0 Å². The summed E-state index contributed by atoms with van der Waals surface area (Å²) >= 11 is 0. The molecule has 0 saturated carbocycles. The van der Waals surface area contributed by atoms with Gasteiger partial charge in [-0.3, -0.25) is 4.79 Å². The lowest BCUT2D eigenvalue weighted by atomic mass is 10.1. The molecule has 34 heavy (non-hydrogen) atoms. The maximum absolute atomic E-state index is 12.8. The van der Waals surface area contributed by atoms with Gasteiger partial charge < -0.3 is 18.4 Å². The predicted octanol–water partition coefficient (Wildman–Crippen LogP) is 3.17. The molecular formula is C24H24N2O7S. The maximum atomic E-state index is 12.8. The molecule has 3 aromatic rings. The highest BCUT2D eigenvalue weighted by Crippen LogP contribution is 2.31. The highest BCUT2D eigenvalue weighted by Gasteiger charge is 2.20. The Bertz CT molecular complexity index is 1290. The van der Waals surface area contributed by atoms with E-state index < -0.39 is 10.1 Å². The predicted molar refractivity (Wildman–Crippen MR) is 126 cm³/mol. The van der Waals surface area contributed by atoms with Crippen molar-refractivity contribution in [2.24, 2.45) is 5.10 Å². The molecule has 0 aromatic heterocycles. The quantitative estimate of drug-likeness (QED) is 0.267. The Morgan fingerprint density at radius 3 is 2.38 bits per heavy atom. The number of amides is 1. The molecule has 0 aliphatic carbocycles. The summed E-state index contributed by atoms with van der Waals surface area (Å²) in [5, 5.41) is 3.93. The van der Waals surface area contributed by atoms with Gasteiger partial charge in [0.15, 0.2) is 17.2 Å². The van der Waals surface area contributed by atoms with Crippen LogP contribution < -0.4 is 23.8 Å². The summed E-state index contributed by atoms with van der Waals surface area (Å²) in [4.78, 5) is 12.1. The van der Waals surface area contributed by atoms with E-state index in [1.54, 1.807) is 49.6 Å². The molecule has 0 aliphatic rings. The molecular weight excluding hydrogens is 460 g/mol. The van der Waals surface area contributed by atoms with Gasteiger partial charge in [-0.05, 0) is 42.0 Å². The zero-order valence-electron chi connectivity index (χ0n) is 18.8. The van der Waals surface area contributed by atoms with Crippen LogP contribution >= 0.6 is 0 Å². The molecule has 1 amide bonds. The van der Waals surface area contributed by atoms with E-state index >= 15 is 0 Å². The highest BCUT2D eigenvalue weighted by molar-refractivity contribution is 7.87. The molecule has 0 spiro atoms. The van der Waals surface area contributed by atoms with Gasteiger partial charge in [-0.2, -0.15) is 13.5 Å². The molecule has 3 rings (SSSR count). The van der Waals surface area contributed by atoms with Crippen LogP contribution in [-0.2, 0) is 21.3 Å². The van der Waals surface area contributed by atoms with Crippen LogP contribution in [0, 0.1) is 0 Å². The second-order valence-electron chi connectivity index (χ2n) is 6.91. The van der Waals surface area contributed by atoms with Crippen LogP contribution in [-0.4, -0.2) is 41.9 Å². The number of hydrazone groups is 1. The lowest BCUT2D eigenvalue weighted by Gasteiger charge is -2.12. The molecule has 1 N–H and O–H groups in total. The Kier molecular flexibility index (Phi) is 8.10. The van der Waals surface area contributed by atoms with Crippen LogP contribution in [0.4, 0.5) is 0 Å². The van der Waals surface area contributed by atoms with Gasteiger partial charge in [0, 0.05) is 11.6 Å². The number of rotatable bonds is 10. The van der Waals surface area contributed by atoms with Gasteiger partial charge in [-0.15, -0.1) is 0 Å². The molecule has 0 unspecified atom stereocenters. The molecule has 178 valence electrons. The van der Waals surface area contributed by atoms with Crippen molar-refractivity contribution in [3.05, 3.63) is 77.9 Å². The van der Waals surface area contributed by atoms with Crippen LogP contribution in [0.25, 0.3) is 0 Å². The SMILES string of the molecule is COc1cccc(CC(=O)N/N=C/c2ccccc2OS(=O)(=O)c2ccc(OC)c(OC)c2)c1. The Balaban J connectivity index is 1.71. The van der Waals surface area contributed by atoms with E-state index in [4.69, 9.17) is 18.4 Å². The lowest BCUT2D eigenvalue weighted by molar-refractivity contribution is -0.120. The van der Waals surface area contributed by atoms with Crippen molar-refractivity contribution in [2.75, 3.05) is 21.3 Å². The van der Waals surface area contributed by atoms with E-state index in [-0.39, 0.29) is 28.7 Å². The Labute approximate surface area is 198 Å². The summed E-state index contributed by atoms with van der Waals surface area (Å²) in [6.45, 7) is 0. The smallest absolute Gasteiger partial charge is 0.339 e. The van der Waals surface area contributed by atoms with Gasteiger partial charge in [0.05, 0.1) is 34.0 Å². The molecule has 0 fully saturated rings. The largest absolute Gasteiger partial charge is 0.497 e. The summed E-state index contributed by atoms with van der Waals surface area (Å²) in [7, 11) is 0.230. The number of hydrogen-bond donors (Lipinski definition) is 1. The van der Waals surface area contributed by atoms with Gasteiger partial charge in [-0.25, -0.2) is 5.43 Å². The minimum atomic E-state index is -4.18. The van der Waals surface area contributed by atoms with Crippen molar-refractivity contribution in [3.63, 3.8) is 0 Å². The van der Waals surface area contributed by atoms with E-state index in [1.807, 2.05) is 0 Å².